The lowest BCUT2D eigenvalue weighted by Gasteiger charge is -2.18. The summed E-state index contributed by atoms with van der Waals surface area (Å²) in [5.74, 6) is 0. The van der Waals surface area contributed by atoms with Crippen molar-refractivity contribution in [2.24, 2.45) is 0 Å². The van der Waals surface area contributed by atoms with Crippen LogP contribution in [0.4, 0.5) is 0 Å². The molecule has 0 amide bonds. The van der Waals surface area contributed by atoms with Gasteiger partial charge in [-0.2, -0.15) is 0 Å². The fourth-order valence-corrected chi connectivity index (χ4v) is 1.39. The average Bonchev–Trinajstić information content (AvgIpc) is 2.49. The van der Waals surface area contributed by atoms with Gasteiger partial charge >= 0.3 is 0 Å². The number of rotatable bonds is 4. The normalized spacial score (nSPS) is 13.2. The quantitative estimate of drug-likeness (QED) is 0.645. The van der Waals surface area contributed by atoms with Crippen molar-refractivity contribution in [1.82, 2.24) is 14.5 Å². The first-order chi connectivity index (χ1) is 6.15. The molecule has 0 fully saturated rings. The Morgan fingerprint density at radius 3 is 2.92 bits per heavy atom. The van der Waals surface area contributed by atoms with Crippen molar-refractivity contribution in [2.75, 3.05) is 20.6 Å². The Kier molecular flexibility index (Phi) is 3.19. The molecule has 1 heterocycles. The molecular weight excluding hydrogens is 166 g/mol. The first-order valence-corrected chi connectivity index (χ1v) is 4.27. The highest BCUT2D eigenvalue weighted by atomic mass is 16.1. The Morgan fingerprint density at radius 2 is 2.38 bits per heavy atom. The van der Waals surface area contributed by atoms with Crippen LogP contribution in [0.2, 0.25) is 0 Å². The van der Waals surface area contributed by atoms with Crippen molar-refractivity contribution in [2.45, 2.75) is 13.0 Å². The summed E-state index contributed by atoms with van der Waals surface area (Å²) in [6.45, 7) is 2.96. The average molecular weight is 181 g/mol. The van der Waals surface area contributed by atoms with Crippen LogP contribution < -0.4 is 0 Å². The smallest absolute Gasteiger partial charge is 0.168 e. The van der Waals surface area contributed by atoms with Crippen LogP contribution in [-0.4, -0.2) is 41.4 Å². The standard InChI is InChI=1S/C9H15N3O/c1-8(5-11(2)3)12-7-10-4-9(12)6-13/h4,6-8H,5H2,1-3H3. The first kappa shape index (κ1) is 9.92. The van der Waals surface area contributed by atoms with Crippen LogP contribution in [0.5, 0.6) is 0 Å². The molecule has 0 spiro atoms. The Morgan fingerprint density at radius 1 is 1.69 bits per heavy atom. The van der Waals surface area contributed by atoms with E-state index in [0.717, 1.165) is 12.8 Å². The predicted molar refractivity (Wildman–Crippen MR) is 50.9 cm³/mol. The van der Waals surface area contributed by atoms with Gasteiger partial charge in [0, 0.05) is 12.6 Å². The van der Waals surface area contributed by atoms with Gasteiger partial charge in [0.05, 0.1) is 12.5 Å². The van der Waals surface area contributed by atoms with Crippen LogP contribution >= 0.6 is 0 Å². The molecule has 0 radical (unpaired) electrons. The van der Waals surface area contributed by atoms with Crippen molar-refractivity contribution in [1.29, 1.82) is 0 Å². The van der Waals surface area contributed by atoms with Gasteiger partial charge in [-0.3, -0.25) is 4.79 Å². The Hall–Kier alpha value is -1.16. The lowest BCUT2D eigenvalue weighted by molar-refractivity contribution is 0.111. The van der Waals surface area contributed by atoms with Gasteiger partial charge in [0.2, 0.25) is 0 Å². The lowest BCUT2D eigenvalue weighted by Crippen LogP contribution is -2.23. The Labute approximate surface area is 78.2 Å². The highest BCUT2D eigenvalue weighted by molar-refractivity contribution is 5.71. The zero-order valence-corrected chi connectivity index (χ0v) is 8.27. The maximum absolute atomic E-state index is 10.6. The molecule has 0 saturated carbocycles. The molecule has 0 aliphatic carbocycles. The van der Waals surface area contributed by atoms with Crippen LogP contribution in [0.3, 0.4) is 0 Å². The maximum atomic E-state index is 10.6. The third-order valence-corrected chi connectivity index (χ3v) is 1.92. The van der Waals surface area contributed by atoms with Gasteiger partial charge in [0.25, 0.3) is 0 Å². The molecule has 1 aromatic heterocycles. The summed E-state index contributed by atoms with van der Waals surface area (Å²) in [6.07, 6.45) is 4.11. The van der Waals surface area contributed by atoms with Gasteiger partial charge in [-0.15, -0.1) is 0 Å². The molecule has 72 valence electrons. The molecule has 0 aliphatic heterocycles. The Bertz CT molecular complexity index is 280. The van der Waals surface area contributed by atoms with Crippen molar-refractivity contribution in [3.05, 3.63) is 18.2 Å². The third-order valence-electron chi connectivity index (χ3n) is 1.92. The molecule has 1 atom stereocenters. The number of likely N-dealkylation sites (N-methyl/N-ethyl adjacent to an activating group) is 1. The lowest BCUT2D eigenvalue weighted by atomic mass is 10.3. The number of aldehydes is 1. The summed E-state index contributed by atoms with van der Waals surface area (Å²) < 4.78 is 1.88. The van der Waals surface area contributed by atoms with E-state index in [0.29, 0.717) is 5.69 Å². The summed E-state index contributed by atoms with van der Waals surface area (Å²) in [7, 11) is 4.02. The minimum atomic E-state index is 0.276. The second-order valence-electron chi connectivity index (χ2n) is 3.45. The molecule has 0 saturated heterocycles. The fourth-order valence-electron chi connectivity index (χ4n) is 1.39. The van der Waals surface area contributed by atoms with Crippen LogP contribution in [0.1, 0.15) is 23.5 Å². The van der Waals surface area contributed by atoms with Crippen LogP contribution in [0.15, 0.2) is 12.5 Å². The second-order valence-corrected chi connectivity index (χ2v) is 3.45. The minimum Gasteiger partial charge on any atom is -0.324 e. The van der Waals surface area contributed by atoms with E-state index in [2.05, 4.69) is 16.8 Å². The van der Waals surface area contributed by atoms with Gasteiger partial charge in [-0.25, -0.2) is 4.98 Å². The molecule has 13 heavy (non-hydrogen) atoms. The first-order valence-electron chi connectivity index (χ1n) is 4.27. The van der Waals surface area contributed by atoms with Gasteiger partial charge in [-0.05, 0) is 21.0 Å². The fraction of sp³-hybridized carbons (Fsp3) is 0.556. The largest absolute Gasteiger partial charge is 0.324 e. The van der Waals surface area contributed by atoms with Crippen molar-refractivity contribution >= 4 is 6.29 Å². The van der Waals surface area contributed by atoms with E-state index in [4.69, 9.17) is 0 Å². The van der Waals surface area contributed by atoms with E-state index in [1.165, 1.54) is 0 Å². The number of hydrogen-bond donors (Lipinski definition) is 0. The molecule has 4 heteroatoms. The third kappa shape index (κ3) is 2.39. The summed E-state index contributed by atoms with van der Waals surface area (Å²) in [4.78, 5) is 16.6. The molecule has 1 rings (SSSR count). The molecule has 0 N–H and O–H groups in total. The van der Waals surface area contributed by atoms with E-state index in [9.17, 15) is 4.79 Å². The number of carbonyl (C=O) groups excluding carboxylic acids is 1. The predicted octanol–water partition coefficient (Wildman–Crippen LogP) is 0.818. The zero-order valence-electron chi connectivity index (χ0n) is 8.27. The van der Waals surface area contributed by atoms with E-state index in [1.54, 1.807) is 12.5 Å². The summed E-state index contributed by atoms with van der Waals surface area (Å²) in [6, 6.07) is 0.276. The molecule has 4 nitrogen and oxygen atoms in total. The highest BCUT2D eigenvalue weighted by Crippen LogP contribution is 2.08. The number of hydrogen-bond acceptors (Lipinski definition) is 3. The number of nitrogens with zero attached hydrogens (tertiary/aromatic N) is 3. The molecule has 0 bridgehead atoms. The molecule has 0 aromatic carbocycles. The van der Waals surface area contributed by atoms with Gasteiger partial charge in [-0.1, -0.05) is 0 Å². The van der Waals surface area contributed by atoms with Crippen molar-refractivity contribution in [3.63, 3.8) is 0 Å². The number of imidazole rings is 1. The molecular formula is C9H15N3O. The maximum Gasteiger partial charge on any atom is 0.168 e. The van der Waals surface area contributed by atoms with E-state index < -0.39 is 0 Å². The molecule has 1 aromatic rings. The van der Waals surface area contributed by atoms with Crippen LogP contribution in [0, 0.1) is 0 Å². The van der Waals surface area contributed by atoms with Crippen molar-refractivity contribution < 1.29 is 4.79 Å². The second kappa shape index (κ2) is 4.18. The molecule has 0 aliphatic rings. The van der Waals surface area contributed by atoms with Crippen LogP contribution in [0.25, 0.3) is 0 Å². The summed E-state index contributed by atoms with van der Waals surface area (Å²) in [5, 5.41) is 0. The van der Waals surface area contributed by atoms with E-state index >= 15 is 0 Å². The highest BCUT2D eigenvalue weighted by Gasteiger charge is 2.08. The van der Waals surface area contributed by atoms with Gasteiger partial charge in [0.15, 0.2) is 6.29 Å². The zero-order chi connectivity index (χ0) is 9.84. The van der Waals surface area contributed by atoms with Gasteiger partial charge < -0.3 is 9.47 Å². The number of carbonyl (C=O) groups is 1. The summed E-state index contributed by atoms with van der Waals surface area (Å²) >= 11 is 0. The summed E-state index contributed by atoms with van der Waals surface area (Å²) in [5.41, 5.74) is 0.634. The monoisotopic (exact) mass is 181 g/mol. The minimum absolute atomic E-state index is 0.276. The van der Waals surface area contributed by atoms with Crippen molar-refractivity contribution in [3.8, 4) is 0 Å². The van der Waals surface area contributed by atoms with Crippen LogP contribution in [-0.2, 0) is 0 Å². The van der Waals surface area contributed by atoms with E-state index in [1.807, 2.05) is 18.7 Å². The Balaban J connectivity index is 2.75. The number of aromatic nitrogens is 2. The van der Waals surface area contributed by atoms with Gasteiger partial charge in [0.1, 0.15) is 5.69 Å². The molecule has 1 unspecified atom stereocenters. The SMILES string of the molecule is CC(CN(C)C)n1cncc1C=O. The van der Waals surface area contributed by atoms with E-state index in [-0.39, 0.29) is 6.04 Å². The topological polar surface area (TPSA) is 38.1 Å².